The molecule has 0 bridgehead atoms. The lowest BCUT2D eigenvalue weighted by Gasteiger charge is -2.11. The predicted molar refractivity (Wildman–Crippen MR) is 91.8 cm³/mol. The third kappa shape index (κ3) is 3.86. The third-order valence-corrected chi connectivity index (χ3v) is 3.69. The predicted octanol–water partition coefficient (Wildman–Crippen LogP) is 4.53. The standard InChI is InChI=1S/C14H9Cl3N2OS/c15-7-2-4-11(17)10(5-7)14(20)19-12-6-8(16)1-3-9(12)13(18)21/h1-6H,(H2,18,21)(H,19,20). The van der Waals surface area contributed by atoms with E-state index >= 15 is 0 Å². The van der Waals surface area contributed by atoms with Crippen molar-refractivity contribution in [2.24, 2.45) is 5.73 Å². The summed E-state index contributed by atoms with van der Waals surface area (Å²) in [5, 5.41) is 3.83. The Hall–Kier alpha value is -1.33. The molecule has 3 N–H and O–H groups in total. The number of nitrogens with one attached hydrogen (secondary N) is 1. The largest absolute Gasteiger partial charge is 0.389 e. The van der Waals surface area contributed by atoms with Crippen molar-refractivity contribution >= 4 is 63.6 Å². The first kappa shape index (κ1) is 16.0. The molecule has 0 atom stereocenters. The molecule has 0 aliphatic rings. The molecule has 1 amide bonds. The molecule has 0 aromatic heterocycles. The number of carbonyl (C=O) groups is 1. The van der Waals surface area contributed by atoms with Gasteiger partial charge in [0.05, 0.1) is 16.3 Å². The Morgan fingerprint density at radius 3 is 2.29 bits per heavy atom. The molecule has 0 aliphatic carbocycles. The monoisotopic (exact) mass is 358 g/mol. The van der Waals surface area contributed by atoms with Gasteiger partial charge in [0.15, 0.2) is 0 Å². The molecule has 3 nitrogen and oxygen atoms in total. The van der Waals surface area contributed by atoms with Gasteiger partial charge in [0, 0.05) is 15.6 Å². The summed E-state index contributed by atoms with van der Waals surface area (Å²) in [5.41, 5.74) is 6.80. The summed E-state index contributed by atoms with van der Waals surface area (Å²) in [4.78, 5) is 12.4. The minimum atomic E-state index is -0.428. The Morgan fingerprint density at radius 2 is 1.62 bits per heavy atom. The third-order valence-electron chi connectivity index (χ3n) is 2.67. The molecule has 2 aromatic carbocycles. The first-order chi connectivity index (χ1) is 9.88. The van der Waals surface area contributed by atoms with E-state index in [9.17, 15) is 4.79 Å². The molecular weight excluding hydrogens is 351 g/mol. The van der Waals surface area contributed by atoms with Gasteiger partial charge in [-0.3, -0.25) is 4.79 Å². The number of carbonyl (C=O) groups excluding carboxylic acids is 1. The Morgan fingerprint density at radius 1 is 1.00 bits per heavy atom. The van der Waals surface area contributed by atoms with Crippen LogP contribution in [-0.2, 0) is 0 Å². The van der Waals surface area contributed by atoms with E-state index in [-0.39, 0.29) is 15.6 Å². The summed E-state index contributed by atoms with van der Waals surface area (Å²) >= 11 is 22.7. The van der Waals surface area contributed by atoms with E-state index in [2.05, 4.69) is 5.32 Å². The maximum absolute atomic E-state index is 12.3. The zero-order valence-corrected chi connectivity index (χ0v) is 13.6. The summed E-state index contributed by atoms with van der Waals surface area (Å²) in [7, 11) is 0. The van der Waals surface area contributed by atoms with Gasteiger partial charge in [-0.1, -0.05) is 47.0 Å². The lowest BCUT2D eigenvalue weighted by molar-refractivity contribution is 0.102. The summed E-state index contributed by atoms with van der Waals surface area (Å²) in [6.07, 6.45) is 0. The highest BCUT2D eigenvalue weighted by Gasteiger charge is 2.14. The molecule has 0 heterocycles. The van der Waals surface area contributed by atoms with Gasteiger partial charge in [-0.2, -0.15) is 0 Å². The van der Waals surface area contributed by atoms with E-state index in [1.165, 1.54) is 6.07 Å². The van der Waals surface area contributed by atoms with Crippen LogP contribution in [0.25, 0.3) is 0 Å². The fourth-order valence-corrected chi connectivity index (χ4v) is 2.42. The summed E-state index contributed by atoms with van der Waals surface area (Å²) in [6.45, 7) is 0. The molecule has 2 rings (SSSR count). The highest BCUT2D eigenvalue weighted by molar-refractivity contribution is 7.80. The van der Waals surface area contributed by atoms with Gasteiger partial charge < -0.3 is 11.1 Å². The van der Waals surface area contributed by atoms with Crippen molar-refractivity contribution in [3.05, 3.63) is 62.6 Å². The van der Waals surface area contributed by atoms with Gasteiger partial charge in [0.2, 0.25) is 0 Å². The quantitative estimate of drug-likeness (QED) is 0.791. The topological polar surface area (TPSA) is 55.1 Å². The van der Waals surface area contributed by atoms with Crippen molar-refractivity contribution in [3.63, 3.8) is 0 Å². The fourth-order valence-electron chi connectivity index (χ4n) is 1.70. The second kappa shape index (κ2) is 6.62. The van der Waals surface area contributed by atoms with Crippen LogP contribution in [0.2, 0.25) is 15.1 Å². The summed E-state index contributed by atoms with van der Waals surface area (Å²) in [5.74, 6) is -0.428. The zero-order valence-electron chi connectivity index (χ0n) is 10.5. The molecule has 0 saturated carbocycles. The van der Waals surface area contributed by atoms with Crippen LogP contribution < -0.4 is 11.1 Å². The molecule has 21 heavy (non-hydrogen) atoms. The molecule has 0 spiro atoms. The van der Waals surface area contributed by atoms with Gasteiger partial charge in [0.25, 0.3) is 5.91 Å². The van der Waals surface area contributed by atoms with Crippen LogP contribution in [-0.4, -0.2) is 10.9 Å². The van der Waals surface area contributed by atoms with E-state index in [4.69, 9.17) is 52.8 Å². The van der Waals surface area contributed by atoms with Gasteiger partial charge in [0.1, 0.15) is 4.99 Å². The number of benzene rings is 2. The number of amides is 1. The van der Waals surface area contributed by atoms with E-state index in [1.807, 2.05) is 0 Å². The molecule has 0 aliphatic heterocycles. The van der Waals surface area contributed by atoms with Crippen molar-refractivity contribution in [1.29, 1.82) is 0 Å². The van der Waals surface area contributed by atoms with Crippen LogP contribution in [0.5, 0.6) is 0 Å². The van der Waals surface area contributed by atoms with Gasteiger partial charge in [-0.05, 0) is 36.4 Å². The van der Waals surface area contributed by atoms with Crippen LogP contribution in [0, 0.1) is 0 Å². The van der Waals surface area contributed by atoms with Crippen LogP contribution in [0.3, 0.4) is 0 Å². The summed E-state index contributed by atoms with van der Waals surface area (Å²) in [6, 6.07) is 9.46. The second-order valence-electron chi connectivity index (χ2n) is 4.13. The van der Waals surface area contributed by atoms with Crippen LogP contribution in [0.4, 0.5) is 5.69 Å². The lowest BCUT2D eigenvalue weighted by atomic mass is 10.1. The number of thiocarbonyl (C=S) groups is 1. The van der Waals surface area contributed by atoms with Crippen LogP contribution >= 0.6 is 47.0 Å². The maximum Gasteiger partial charge on any atom is 0.257 e. The Kier molecular flexibility index (Phi) is 5.06. The van der Waals surface area contributed by atoms with Gasteiger partial charge in [-0.15, -0.1) is 0 Å². The average Bonchev–Trinajstić information content (AvgIpc) is 2.41. The molecule has 2 aromatic rings. The number of anilines is 1. The summed E-state index contributed by atoms with van der Waals surface area (Å²) < 4.78 is 0. The Labute approximate surface area is 142 Å². The van der Waals surface area contributed by atoms with E-state index in [1.54, 1.807) is 30.3 Å². The maximum atomic E-state index is 12.3. The van der Waals surface area contributed by atoms with Crippen LogP contribution in [0.1, 0.15) is 15.9 Å². The zero-order chi connectivity index (χ0) is 15.6. The average molecular weight is 360 g/mol. The van der Waals surface area contributed by atoms with Crippen molar-refractivity contribution < 1.29 is 4.79 Å². The van der Waals surface area contributed by atoms with Crippen LogP contribution in [0.15, 0.2) is 36.4 Å². The van der Waals surface area contributed by atoms with Crippen molar-refractivity contribution in [2.75, 3.05) is 5.32 Å². The Bertz CT molecular complexity index is 734. The molecule has 0 saturated heterocycles. The first-order valence-corrected chi connectivity index (χ1v) is 7.28. The number of halogens is 3. The minimum Gasteiger partial charge on any atom is -0.389 e. The van der Waals surface area contributed by atoms with Crippen molar-refractivity contribution in [2.45, 2.75) is 0 Å². The highest BCUT2D eigenvalue weighted by Crippen LogP contribution is 2.25. The SMILES string of the molecule is NC(=S)c1ccc(Cl)cc1NC(=O)c1cc(Cl)ccc1Cl. The normalized spacial score (nSPS) is 10.2. The van der Waals surface area contributed by atoms with Gasteiger partial charge >= 0.3 is 0 Å². The van der Waals surface area contributed by atoms with E-state index in [0.717, 1.165) is 0 Å². The molecule has 0 radical (unpaired) electrons. The number of hydrogen-bond acceptors (Lipinski definition) is 2. The lowest BCUT2D eigenvalue weighted by Crippen LogP contribution is -2.18. The smallest absolute Gasteiger partial charge is 0.257 e. The minimum absolute atomic E-state index is 0.152. The number of rotatable bonds is 3. The number of nitrogens with two attached hydrogens (primary N) is 1. The van der Waals surface area contributed by atoms with E-state index < -0.39 is 5.91 Å². The molecule has 0 unspecified atom stereocenters. The molecule has 0 fully saturated rings. The number of hydrogen-bond donors (Lipinski definition) is 2. The van der Waals surface area contributed by atoms with E-state index in [0.29, 0.717) is 21.3 Å². The fraction of sp³-hybridized carbons (Fsp3) is 0. The van der Waals surface area contributed by atoms with Crippen molar-refractivity contribution in [3.8, 4) is 0 Å². The molecular formula is C14H9Cl3N2OS. The molecule has 7 heteroatoms. The Balaban J connectivity index is 2.38. The second-order valence-corrected chi connectivity index (χ2v) is 5.85. The van der Waals surface area contributed by atoms with Gasteiger partial charge in [-0.25, -0.2) is 0 Å². The first-order valence-electron chi connectivity index (χ1n) is 5.74. The molecule has 108 valence electrons. The van der Waals surface area contributed by atoms with Crippen molar-refractivity contribution in [1.82, 2.24) is 0 Å². The highest BCUT2D eigenvalue weighted by atomic mass is 35.5.